The molecule has 0 aromatic heterocycles. The highest BCUT2D eigenvalue weighted by Crippen LogP contribution is 2.44. The molecule has 1 aliphatic heterocycles. The lowest BCUT2D eigenvalue weighted by molar-refractivity contribution is -0.143. The maximum Gasteiger partial charge on any atom is 0.416 e. The minimum Gasteiger partial charge on any atom is -0.496 e. The Kier molecular flexibility index (Phi) is 10.00. The molecule has 276 valence electrons. The number of amides is 1. The highest BCUT2D eigenvalue weighted by atomic mass is 19.4. The molecule has 1 heterocycles. The van der Waals surface area contributed by atoms with Gasteiger partial charge in [-0.15, -0.1) is 0 Å². The van der Waals surface area contributed by atoms with Crippen molar-refractivity contribution >= 4 is 12.1 Å². The van der Waals surface area contributed by atoms with Gasteiger partial charge >= 0.3 is 30.6 Å². The maximum absolute atomic E-state index is 15.5. The Balaban J connectivity index is 1.61. The third kappa shape index (κ3) is 7.51. The second-order valence-electron chi connectivity index (χ2n) is 11.9. The van der Waals surface area contributed by atoms with Crippen LogP contribution in [-0.2, 0) is 34.5 Å². The molecule has 16 heteroatoms. The average Bonchev–Trinajstić information content (AvgIpc) is 3.34. The lowest BCUT2D eigenvalue weighted by atomic mass is 9.91. The third-order valence-electron chi connectivity index (χ3n) is 8.63. The van der Waals surface area contributed by atoms with Crippen LogP contribution >= 0.6 is 0 Å². The van der Waals surface area contributed by atoms with Gasteiger partial charge in [0.2, 0.25) is 0 Å². The zero-order chi connectivity index (χ0) is 38.5. The number of esters is 1. The molecule has 6 nitrogen and oxygen atoms in total. The summed E-state index contributed by atoms with van der Waals surface area (Å²) in [4.78, 5) is 26.1. The molecular formula is C36H27F10NO5. The van der Waals surface area contributed by atoms with E-state index in [0.29, 0.717) is 23.8 Å². The monoisotopic (exact) mass is 743 g/mol. The molecule has 52 heavy (non-hydrogen) atoms. The fraction of sp³-hybridized carbons (Fsp3) is 0.278. The smallest absolute Gasteiger partial charge is 0.416 e. The molecule has 0 aliphatic carbocycles. The number of carbonyl (C=O) groups is 2. The first-order valence-corrected chi connectivity index (χ1v) is 15.2. The number of rotatable bonds is 7. The number of hydrogen-bond donors (Lipinski definition) is 0. The number of benzene rings is 4. The number of halogens is 10. The molecule has 0 saturated carbocycles. The molecule has 0 unspecified atom stereocenters. The van der Waals surface area contributed by atoms with Crippen molar-refractivity contribution in [1.29, 1.82) is 0 Å². The van der Waals surface area contributed by atoms with Crippen LogP contribution in [0.5, 0.6) is 5.75 Å². The summed E-state index contributed by atoms with van der Waals surface area (Å²) in [7, 11) is 2.37. The van der Waals surface area contributed by atoms with Gasteiger partial charge in [-0.25, -0.2) is 14.0 Å². The molecule has 0 N–H and O–H groups in total. The van der Waals surface area contributed by atoms with Gasteiger partial charge in [0, 0.05) is 17.2 Å². The summed E-state index contributed by atoms with van der Waals surface area (Å²) in [5.74, 6) is -1.55. The van der Waals surface area contributed by atoms with Crippen LogP contribution in [0.1, 0.15) is 56.8 Å². The van der Waals surface area contributed by atoms with E-state index in [0.717, 1.165) is 23.1 Å². The Morgan fingerprint density at radius 2 is 1.38 bits per heavy atom. The van der Waals surface area contributed by atoms with Gasteiger partial charge in [0.25, 0.3) is 0 Å². The summed E-state index contributed by atoms with van der Waals surface area (Å²) >= 11 is 0. The molecule has 5 rings (SSSR count). The Labute approximate surface area is 289 Å². The molecular weight excluding hydrogens is 716 g/mol. The van der Waals surface area contributed by atoms with Crippen LogP contribution in [0.4, 0.5) is 48.7 Å². The molecule has 1 fully saturated rings. The van der Waals surface area contributed by atoms with E-state index in [1.807, 2.05) is 0 Å². The van der Waals surface area contributed by atoms with Crippen LogP contribution in [0.3, 0.4) is 0 Å². The molecule has 2 atom stereocenters. The Bertz CT molecular complexity index is 2010. The molecule has 0 spiro atoms. The van der Waals surface area contributed by atoms with Crippen molar-refractivity contribution in [3.05, 3.63) is 111 Å². The van der Waals surface area contributed by atoms with Crippen molar-refractivity contribution in [3.8, 4) is 28.0 Å². The van der Waals surface area contributed by atoms with Crippen molar-refractivity contribution in [2.45, 2.75) is 51.1 Å². The Morgan fingerprint density at radius 3 is 1.92 bits per heavy atom. The second-order valence-corrected chi connectivity index (χ2v) is 11.9. The SMILES string of the molecule is COC(=O)c1ccc(-c2cc(-c3ccc(C(F)(F)F)cc3CN3C(=O)O[C@H](c4cc(C(F)(F)F)cc(C(F)(F)F)c4)[C@@H]3C)c(OC)cc2F)cc1C. The van der Waals surface area contributed by atoms with Gasteiger partial charge < -0.3 is 14.2 Å². The predicted molar refractivity (Wildman–Crippen MR) is 166 cm³/mol. The van der Waals surface area contributed by atoms with E-state index in [1.54, 1.807) is 6.92 Å². The zero-order valence-electron chi connectivity index (χ0n) is 27.5. The number of hydrogen-bond acceptors (Lipinski definition) is 5. The van der Waals surface area contributed by atoms with Crippen LogP contribution in [0.15, 0.2) is 66.7 Å². The molecule has 1 aliphatic rings. The van der Waals surface area contributed by atoms with E-state index in [9.17, 15) is 49.1 Å². The number of aryl methyl sites for hydroxylation is 1. The fourth-order valence-electron chi connectivity index (χ4n) is 5.98. The summed E-state index contributed by atoms with van der Waals surface area (Å²) in [6, 6.07) is 8.60. The van der Waals surface area contributed by atoms with Crippen LogP contribution in [0.25, 0.3) is 22.3 Å². The summed E-state index contributed by atoms with van der Waals surface area (Å²) < 4.78 is 154. The molecule has 4 aromatic rings. The first-order chi connectivity index (χ1) is 24.1. The van der Waals surface area contributed by atoms with Crippen molar-refractivity contribution in [1.82, 2.24) is 4.90 Å². The van der Waals surface area contributed by atoms with E-state index >= 15 is 4.39 Å². The van der Waals surface area contributed by atoms with E-state index in [4.69, 9.17) is 14.2 Å². The van der Waals surface area contributed by atoms with Crippen LogP contribution < -0.4 is 4.74 Å². The third-order valence-corrected chi connectivity index (χ3v) is 8.63. The Morgan fingerprint density at radius 1 is 0.769 bits per heavy atom. The topological polar surface area (TPSA) is 65.1 Å². The number of alkyl halides is 9. The lowest BCUT2D eigenvalue weighted by Gasteiger charge is -2.24. The fourth-order valence-corrected chi connectivity index (χ4v) is 5.98. The lowest BCUT2D eigenvalue weighted by Crippen LogP contribution is -2.32. The first-order valence-electron chi connectivity index (χ1n) is 15.2. The highest BCUT2D eigenvalue weighted by Gasteiger charge is 2.44. The van der Waals surface area contributed by atoms with Crippen molar-refractivity contribution in [3.63, 3.8) is 0 Å². The minimum atomic E-state index is -5.19. The standard InChI is InChI=1S/C36H27F10NO5/c1-17-9-19(5-7-25(17)32(48)51-4)27-14-28(30(50-3)15-29(27)37)26-8-6-22(34(38,39)40)12-21(26)16-47-18(2)31(52-33(47)49)20-10-23(35(41,42)43)13-24(11-20)36(44,45)46/h5-15,18,31H,16H2,1-4H3/t18-,31-/m0/s1. The van der Waals surface area contributed by atoms with E-state index in [1.165, 1.54) is 45.4 Å². The quantitative estimate of drug-likeness (QED) is 0.139. The molecule has 4 aromatic carbocycles. The minimum absolute atomic E-state index is 0.0240. The van der Waals surface area contributed by atoms with Crippen LogP contribution in [-0.4, -0.2) is 37.2 Å². The number of cyclic esters (lactones) is 1. The van der Waals surface area contributed by atoms with E-state index < -0.39 is 77.4 Å². The van der Waals surface area contributed by atoms with Gasteiger partial charge in [0.1, 0.15) is 17.7 Å². The summed E-state index contributed by atoms with van der Waals surface area (Å²) in [5, 5.41) is 0. The van der Waals surface area contributed by atoms with Crippen molar-refractivity contribution in [2.24, 2.45) is 0 Å². The largest absolute Gasteiger partial charge is 0.496 e. The van der Waals surface area contributed by atoms with E-state index in [-0.39, 0.29) is 45.2 Å². The predicted octanol–water partition coefficient (Wildman–Crippen LogP) is 10.4. The highest BCUT2D eigenvalue weighted by molar-refractivity contribution is 5.92. The van der Waals surface area contributed by atoms with E-state index in [2.05, 4.69) is 0 Å². The number of carbonyl (C=O) groups excluding carboxylic acids is 2. The Hall–Kier alpha value is -5.28. The van der Waals surface area contributed by atoms with Gasteiger partial charge in [-0.3, -0.25) is 4.90 Å². The van der Waals surface area contributed by atoms with Gasteiger partial charge in [-0.05, 0) is 84.1 Å². The molecule has 1 amide bonds. The number of methoxy groups -OCH3 is 2. The maximum atomic E-state index is 15.5. The average molecular weight is 744 g/mol. The molecule has 1 saturated heterocycles. The normalized spacial score (nSPS) is 16.6. The van der Waals surface area contributed by atoms with Gasteiger partial charge in [0.05, 0.1) is 49.1 Å². The zero-order valence-corrected chi connectivity index (χ0v) is 27.5. The number of ether oxygens (including phenoxy) is 3. The summed E-state index contributed by atoms with van der Waals surface area (Å²) in [5.41, 5.74) is -4.30. The first kappa shape index (κ1) is 38.0. The second kappa shape index (κ2) is 13.7. The number of nitrogens with zero attached hydrogens (tertiary/aromatic N) is 1. The van der Waals surface area contributed by atoms with Crippen LogP contribution in [0, 0.1) is 12.7 Å². The van der Waals surface area contributed by atoms with Crippen molar-refractivity contribution in [2.75, 3.05) is 14.2 Å². The van der Waals surface area contributed by atoms with Gasteiger partial charge in [-0.2, -0.15) is 39.5 Å². The van der Waals surface area contributed by atoms with Crippen LogP contribution in [0.2, 0.25) is 0 Å². The van der Waals surface area contributed by atoms with Gasteiger partial charge in [0.15, 0.2) is 0 Å². The summed E-state index contributed by atoms with van der Waals surface area (Å²) in [6.07, 6.45) is -18.2. The van der Waals surface area contributed by atoms with Gasteiger partial charge in [-0.1, -0.05) is 18.2 Å². The molecule has 0 bridgehead atoms. The summed E-state index contributed by atoms with van der Waals surface area (Å²) in [6.45, 7) is 2.18. The van der Waals surface area contributed by atoms with Crippen molar-refractivity contribution < 1.29 is 67.7 Å². The molecule has 0 radical (unpaired) electrons.